The first-order chi connectivity index (χ1) is 14.2. The van der Waals surface area contributed by atoms with Crippen molar-refractivity contribution >= 4 is 22.5 Å². The number of carbonyl (C=O) groups excluding carboxylic acids is 1. The van der Waals surface area contributed by atoms with Crippen LogP contribution in [0.1, 0.15) is 11.3 Å². The number of hydrogen-bond acceptors (Lipinski definition) is 5. The Labute approximate surface area is 168 Å². The number of aromatic nitrogens is 4. The fourth-order valence-corrected chi connectivity index (χ4v) is 3.16. The molecule has 0 atom stereocenters. The van der Waals surface area contributed by atoms with E-state index in [0.29, 0.717) is 31.1 Å². The first kappa shape index (κ1) is 18.6. The Morgan fingerprint density at radius 3 is 2.62 bits per heavy atom. The maximum absolute atomic E-state index is 12.3. The average molecular weight is 386 g/mol. The van der Waals surface area contributed by atoms with E-state index in [4.69, 9.17) is 0 Å². The van der Waals surface area contributed by atoms with Crippen LogP contribution in [0.15, 0.2) is 66.9 Å². The highest BCUT2D eigenvalue weighted by Gasteiger charge is 2.06. The molecule has 7 heteroatoms. The number of nitrogens with one attached hydrogen (secondary N) is 2. The maximum atomic E-state index is 12.3. The summed E-state index contributed by atoms with van der Waals surface area (Å²) in [6, 6.07) is 19.7. The zero-order valence-corrected chi connectivity index (χ0v) is 16.2. The molecule has 0 aliphatic heterocycles. The summed E-state index contributed by atoms with van der Waals surface area (Å²) in [5.74, 6) is 1.31. The van der Waals surface area contributed by atoms with Crippen LogP contribution in [0, 0.1) is 6.92 Å². The van der Waals surface area contributed by atoms with Gasteiger partial charge in [0.2, 0.25) is 5.91 Å². The third kappa shape index (κ3) is 4.57. The molecule has 4 rings (SSSR count). The highest BCUT2D eigenvalue weighted by Crippen LogP contribution is 2.18. The lowest BCUT2D eigenvalue weighted by Crippen LogP contribution is -2.30. The third-order valence-corrected chi connectivity index (χ3v) is 4.59. The molecule has 0 aliphatic rings. The molecule has 7 nitrogen and oxygen atoms in total. The predicted octanol–water partition coefficient (Wildman–Crippen LogP) is 2.89. The van der Waals surface area contributed by atoms with Crippen LogP contribution in [0.3, 0.4) is 0 Å². The van der Waals surface area contributed by atoms with Gasteiger partial charge in [-0.1, -0.05) is 42.5 Å². The van der Waals surface area contributed by atoms with E-state index in [-0.39, 0.29) is 5.91 Å². The van der Waals surface area contributed by atoms with Gasteiger partial charge >= 0.3 is 0 Å². The maximum Gasteiger partial charge on any atom is 0.224 e. The number of anilines is 1. The molecule has 0 fully saturated rings. The van der Waals surface area contributed by atoms with Crippen LogP contribution in [-0.4, -0.2) is 39.0 Å². The van der Waals surface area contributed by atoms with Gasteiger partial charge in [0.15, 0.2) is 5.82 Å². The van der Waals surface area contributed by atoms with Crippen LogP contribution < -0.4 is 10.6 Å². The second kappa shape index (κ2) is 8.52. The number of benzene rings is 2. The van der Waals surface area contributed by atoms with E-state index in [1.807, 2.05) is 61.7 Å². The highest BCUT2D eigenvalue weighted by atomic mass is 16.1. The molecule has 29 heavy (non-hydrogen) atoms. The summed E-state index contributed by atoms with van der Waals surface area (Å²) in [5, 5.41) is 21.0. The standard InChI is InChI=1S/C22H22N6O/c1-16-11-14-28(27-16)21-10-9-20(25-26-21)23-12-13-24-22(29)15-18-7-4-6-17-5-2-3-8-19(17)18/h2-11,14H,12-13,15H2,1H3,(H,23,25)(H,24,29). The fourth-order valence-electron chi connectivity index (χ4n) is 3.16. The molecule has 1 amide bonds. The van der Waals surface area contributed by atoms with Gasteiger partial charge in [-0.05, 0) is 41.5 Å². The quantitative estimate of drug-likeness (QED) is 0.477. The zero-order valence-electron chi connectivity index (χ0n) is 16.2. The van der Waals surface area contributed by atoms with Crippen molar-refractivity contribution < 1.29 is 4.79 Å². The molecule has 2 aromatic carbocycles. The van der Waals surface area contributed by atoms with Gasteiger partial charge in [0.25, 0.3) is 0 Å². The molecule has 0 saturated heterocycles. The molecule has 0 saturated carbocycles. The van der Waals surface area contributed by atoms with Crippen LogP contribution in [0.5, 0.6) is 0 Å². The summed E-state index contributed by atoms with van der Waals surface area (Å²) in [7, 11) is 0. The SMILES string of the molecule is Cc1ccn(-c2ccc(NCCNC(=O)Cc3cccc4ccccc34)nn2)n1. The van der Waals surface area contributed by atoms with Crippen molar-refractivity contribution in [2.24, 2.45) is 0 Å². The van der Waals surface area contributed by atoms with Crippen LogP contribution in [-0.2, 0) is 11.2 Å². The number of carbonyl (C=O) groups is 1. The second-order valence-electron chi connectivity index (χ2n) is 6.77. The lowest BCUT2D eigenvalue weighted by molar-refractivity contribution is -0.120. The molecular weight excluding hydrogens is 364 g/mol. The summed E-state index contributed by atoms with van der Waals surface area (Å²) >= 11 is 0. The molecule has 0 radical (unpaired) electrons. The monoisotopic (exact) mass is 386 g/mol. The van der Waals surface area contributed by atoms with E-state index >= 15 is 0 Å². The van der Waals surface area contributed by atoms with Crippen molar-refractivity contribution in [2.75, 3.05) is 18.4 Å². The molecular formula is C22H22N6O. The van der Waals surface area contributed by atoms with Gasteiger partial charge in [-0.15, -0.1) is 10.2 Å². The number of fused-ring (bicyclic) bond motifs is 1. The van der Waals surface area contributed by atoms with Crippen molar-refractivity contribution in [2.45, 2.75) is 13.3 Å². The summed E-state index contributed by atoms with van der Waals surface area (Å²) in [5.41, 5.74) is 1.96. The summed E-state index contributed by atoms with van der Waals surface area (Å²) < 4.78 is 1.68. The van der Waals surface area contributed by atoms with Gasteiger partial charge in [0.05, 0.1) is 12.1 Å². The molecule has 0 bridgehead atoms. The van der Waals surface area contributed by atoms with Crippen molar-refractivity contribution in [1.29, 1.82) is 0 Å². The largest absolute Gasteiger partial charge is 0.367 e. The van der Waals surface area contributed by atoms with Crippen molar-refractivity contribution in [3.8, 4) is 5.82 Å². The Kier molecular flexibility index (Phi) is 5.47. The van der Waals surface area contributed by atoms with Gasteiger partial charge in [0, 0.05) is 19.3 Å². The Bertz CT molecular complexity index is 1110. The minimum absolute atomic E-state index is 0.00126. The molecule has 146 valence electrons. The predicted molar refractivity (Wildman–Crippen MR) is 113 cm³/mol. The summed E-state index contributed by atoms with van der Waals surface area (Å²) in [6.45, 7) is 3.00. The van der Waals surface area contributed by atoms with Gasteiger partial charge in [0.1, 0.15) is 5.82 Å². The molecule has 4 aromatic rings. The molecule has 0 spiro atoms. The zero-order chi connectivity index (χ0) is 20.1. The smallest absolute Gasteiger partial charge is 0.224 e. The second-order valence-corrected chi connectivity index (χ2v) is 6.77. The number of amides is 1. The van der Waals surface area contributed by atoms with Crippen molar-refractivity contribution in [3.05, 3.63) is 78.1 Å². The van der Waals surface area contributed by atoms with Crippen LogP contribution in [0.2, 0.25) is 0 Å². The van der Waals surface area contributed by atoms with E-state index in [1.165, 1.54) is 0 Å². The molecule has 0 aliphatic carbocycles. The molecule has 2 heterocycles. The van der Waals surface area contributed by atoms with Gasteiger partial charge in [-0.2, -0.15) is 5.10 Å². The Morgan fingerprint density at radius 2 is 1.83 bits per heavy atom. The van der Waals surface area contributed by atoms with E-state index in [0.717, 1.165) is 22.0 Å². The minimum atomic E-state index is -0.00126. The lowest BCUT2D eigenvalue weighted by Gasteiger charge is -2.09. The van der Waals surface area contributed by atoms with Crippen molar-refractivity contribution in [3.63, 3.8) is 0 Å². The average Bonchev–Trinajstić information content (AvgIpc) is 3.18. The number of hydrogen-bond donors (Lipinski definition) is 2. The molecule has 2 aromatic heterocycles. The van der Waals surface area contributed by atoms with E-state index in [2.05, 4.69) is 38.1 Å². The van der Waals surface area contributed by atoms with E-state index in [1.54, 1.807) is 4.68 Å². The minimum Gasteiger partial charge on any atom is -0.367 e. The summed E-state index contributed by atoms with van der Waals surface area (Å²) in [4.78, 5) is 12.3. The van der Waals surface area contributed by atoms with Gasteiger partial charge < -0.3 is 10.6 Å². The highest BCUT2D eigenvalue weighted by molar-refractivity contribution is 5.90. The van der Waals surface area contributed by atoms with Crippen LogP contribution in [0.4, 0.5) is 5.82 Å². The number of nitrogens with zero attached hydrogens (tertiary/aromatic N) is 4. The van der Waals surface area contributed by atoms with Crippen LogP contribution in [0.25, 0.3) is 16.6 Å². The Balaban J connectivity index is 1.25. The Hall–Kier alpha value is -3.74. The lowest BCUT2D eigenvalue weighted by atomic mass is 10.0. The third-order valence-electron chi connectivity index (χ3n) is 4.59. The first-order valence-electron chi connectivity index (χ1n) is 9.53. The Morgan fingerprint density at radius 1 is 0.966 bits per heavy atom. The van der Waals surface area contributed by atoms with Gasteiger partial charge in [-0.3, -0.25) is 4.79 Å². The van der Waals surface area contributed by atoms with Crippen molar-refractivity contribution in [1.82, 2.24) is 25.3 Å². The summed E-state index contributed by atoms with van der Waals surface area (Å²) in [6.07, 6.45) is 2.21. The normalized spacial score (nSPS) is 10.8. The molecule has 2 N–H and O–H groups in total. The topological polar surface area (TPSA) is 84.7 Å². The van der Waals surface area contributed by atoms with Crippen LogP contribution >= 0.6 is 0 Å². The van der Waals surface area contributed by atoms with E-state index in [9.17, 15) is 4.79 Å². The molecule has 0 unspecified atom stereocenters. The fraction of sp³-hybridized carbons (Fsp3) is 0.182. The number of aryl methyl sites for hydroxylation is 1. The van der Waals surface area contributed by atoms with E-state index < -0.39 is 0 Å². The number of rotatable bonds is 7. The van der Waals surface area contributed by atoms with Gasteiger partial charge in [-0.25, -0.2) is 4.68 Å². The first-order valence-corrected chi connectivity index (χ1v) is 9.53.